The van der Waals surface area contributed by atoms with Gasteiger partial charge in [0.1, 0.15) is 11.9 Å². The Kier molecular flexibility index (Phi) is 5.99. The van der Waals surface area contributed by atoms with Gasteiger partial charge in [0.25, 0.3) is 0 Å². The number of anilines is 1. The summed E-state index contributed by atoms with van der Waals surface area (Å²) < 4.78 is 0. The molecule has 7 aromatic rings. The first-order chi connectivity index (χ1) is 19.7. The minimum absolute atomic E-state index is 0.495. The second-order valence-electron chi connectivity index (χ2n) is 9.65. The Morgan fingerprint density at radius 1 is 0.825 bits per heavy atom. The van der Waals surface area contributed by atoms with Gasteiger partial charge in [-0.1, -0.05) is 54.6 Å². The van der Waals surface area contributed by atoms with Gasteiger partial charge in [-0.05, 0) is 47.5 Å². The fourth-order valence-electron chi connectivity index (χ4n) is 5.00. The lowest BCUT2D eigenvalue weighted by Crippen LogP contribution is -2.21. The number of nitrogens with zero attached hydrogens (tertiary/aromatic N) is 4. The molecule has 40 heavy (non-hydrogen) atoms. The maximum Gasteiger partial charge on any atom is 0.159 e. The monoisotopic (exact) mass is 523 g/mol. The molecule has 0 fully saturated rings. The number of imidazole rings is 1. The van der Waals surface area contributed by atoms with Crippen molar-refractivity contribution in [1.82, 2.24) is 30.1 Å². The highest BCUT2D eigenvalue weighted by atomic mass is 16.3. The third-order valence-corrected chi connectivity index (χ3v) is 6.92. The first-order valence-electron chi connectivity index (χ1n) is 13.0. The number of para-hydroxylation sites is 1. The Labute approximate surface area is 229 Å². The summed E-state index contributed by atoms with van der Waals surface area (Å²) in [7, 11) is 0. The fraction of sp³-hybridized carbons (Fsp3) is 0.0625. The molecule has 0 amide bonds. The summed E-state index contributed by atoms with van der Waals surface area (Å²) >= 11 is 0. The van der Waals surface area contributed by atoms with Crippen LogP contribution in [-0.2, 0) is 6.42 Å². The third-order valence-electron chi connectivity index (χ3n) is 6.92. The van der Waals surface area contributed by atoms with E-state index in [0.717, 1.165) is 61.3 Å². The highest BCUT2D eigenvalue weighted by Gasteiger charge is 2.16. The minimum Gasteiger partial charge on any atom is -0.373 e. The van der Waals surface area contributed by atoms with Crippen LogP contribution in [0.1, 0.15) is 5.56 Å². The Morgan fingerprint density at radius 2 is 1.73 bits per heavy atom. The number of fused-ring (bicyclic) bond motifs is 2. The predicted octanol–water partition coefficient (Wildman–Crippen LogP) is 6.20. The maximum atomic E-state index is 10.6. The summed E-state index contributed by atoms with van der Waals surface area (Å²) in [5.74, 6) is 0.680. The lowest BCUT2D eigenvalue weighted by molar-refractivity contribution is 0.204. The zero-order valence-electron chi connectivity index (χ0n) is 21.4. The molecule has 0 aliphatic rings. The van der Waals surface area contributed by atoms with Gasteiger partial charge in [-0.25, -0.2) is 4.98 Å². The number of aliphatic hydroxyl groups excluding tert-OH is 1. The van der Waals surface area contributed by atoms with Crippen LogP contribution >= 0.6 is 0 Å². The lowest BCUT2D eigenvalue weighted by Gasteiger charge is -2.15. The first kappa shape index (κ1) is 23.8. The van der Waals surface area contributed by atoms with Crippen molar-refractivity contribution in [2.45, 2.75) is 12.6 Å². The normalized spacial score (nSPS) is 12.1. The third kappa shape index (κ3) is 4.57. The van der Waals surface area contributed by atoms with Crippen molar-refractivity contribution in [3.05, 3.63) is 115 Å². The number of hydrogen-bond donors (Lipinski definition) is 4. The van der Waals surface area contributed by atoms with E-state index in [2.05, 4.69) is 36.5 Å². The van der Waals surface area contributed by atoms with Crippen molar-refractivity contribution in [1.29, 1.82) is 0 Å². The molecule has 4 aromatic heterocycles. The molecule has 1 unspecified atom stereocenters. The lowest BCUT2D eigenvalue weighted by atomic mass is 10.0. The highest BCUT2D eigenvalue weighted by molar-refractivity contribution is 5.98. The Balaban J connectivity index is 1.21. The molecule has 0 spiro atoms. The molecule has 194 valence electrons. The van der Waals surface area contributed by atoms with Crippen LogP contribution in [0.2, 0.25) is 0 Å². The summed E-state index contributed by atoms with van der Waals surface area (Å²) in [5.41, 5.74) is 8.95. The van der Waals surface area contributed by atoms with Crippen molar-refractivity contribution >= 4 is 27.6 Å². The first-order valence-corrected chi connectivity index (χ1v) is 13.0. The van der Waals surface area contributed by atoms with Crippen LogP contribution in [0.3, 0.4) is 0 Å². The molecular formula is C32H25N7O. The summed E-state index contributed by atoms with van der Waals surface area (Å²) in [5, 5.41) is 22.4. The van der Waals surface area contributed by atoms with E-state index in [4.69, 9.17) is 4.98 Å². The highest BCUT2D eigenvalue weighted by Crippen LogP contribution is 2.33. The average molecular weight is 524 g/mol. The molecule has 7 rings (SSSR count). The number of aromatic amines is 2. The van der Waals surface area contributed by atoms with E-state index in [0.29, 0.717) is 12.2 Å². The van der Waals surface area contributed by atoms with Crippen LogP contribution < -0.4 is 5.32 Å². The second kappa shape index (κ2) is 10.1. The van der Waals surface area contributed by atoms with E-state index in [9.17, 15) is 5.11 Å². The molecule has 3 aromatic carbocycles. The molecule has 0 saturated carbocycles. The molecule has 0 saturated heterocycles. The molecule has 1 atom stereocenters. The van der Waals surface area contributed by atoms with E-state index in [1.165, 1.54) is 0 Å². The molecule has 4 heterocycles. The molecular weight excluding hydrogens is 498 g/mol. The van der Waals surface area contributed by atoms with E-state index >= 15 is 0 Å². The number of hydrogen-bond acceptors (Lipinski definition) is 6. The van der Waals surface area contributed by atoms with Gasteiger partial charge in [-0.3, -0.25) is 15.1 Å². The van der Waals surface area contributed by atoms with Crippen molar-refractivity contribution in [3.63, 3.8) is 0 Å². The molecule has 8 heteroatoms. The molecule has 0 bridgehead atoms. The molecule has 0 aliphatic heterocycles. The van der Waals surface area contributed by atoms with E-state index < -0.39 is 6.23 Å². The van der Waals surface area contributed by atoms with Crippen LogP contribution in [-0.4, -0.2) is 41.5 Å². The number of pyridine rings is 2. The number of benzene rings is 3. The molecule has 0 radical (unpaired) electrons. The second-order valence-corrected chi connectivity index (χ2v) is 9.65. The van der Waals surface area contributed by atoms with E-state index in [-0.39, 0.29) is 0 Å². The van der Waals surface area contributed by atoms with Crippen LogP contribution in [0.25, 0.3) is 55.8 Å². The van der Waals surface area contributed by atoms with Gasteiger partial charge in [-0.15, -0.1) is 0 Å². The van der Waals surface area contributed by atoms with Crippen molar-refractivity contribution in [2.75, 3.05) is 5.32 Å². The van der Waals surface area contributed by atoms with Gasteiger partial charge in [0.2, 0.25) is 0 Å². The van der Waals surface area contributed by atoms with Gasteiger partial charge < -0.3 is 15.4 Å². The van der Waals surface area contributed by atoms with Crippen molar-refractivity contribution in [3.8, 4) is 33.9 Å². The van der Waals surface area contributed by atoms with Crippen molar-refractivity contribution in [2.24, 2.45) is 0 Å². The smallest absolute Gasteiger partial charge is 0.159 e. The van der Waals surface area contributed by atoms with Gasteiger partial charge in [0.05, 0.1) is 34.1 Å². The largest absolute Gasteiger partial charge is 0.373 e. The molecule has 4 N–H and O–H groups in total. The summed E-state index contributed by atoms with van der Waals surface area (Å²) in [6.45, 7) is 0. The van der Waals surface area contributed by atoms with Crippen LogP contribution in [0.15, 0.2) is 110 Å². The Hall–Kier alpha value is -5.34. The van der Waals surface area contributed by atoms with Gasteiger partial charge in [0.15, 0.2) is 5.82 Å². The molecule has 8 nitrogen and oxygen atoms in total. The summed E-state index contributed by atoms with van der Waals surface area (Å²) in [4.78, 5) is 17.3. The van der Waals surface area contributed by atoms with Crippen molar-refractivity contribution < 1.29 is 5.11 Å². The Bertz CT molecular complexity index is 1930. The van der Waals surface area contributed by atoms with Crippen LogP contribution in [0, 0.1) is 0 Å². The number of aliphatic hydroxyl groups is 1. The summed E-state index contributed by atoms with van der Waals surface area (Å²) in [6.07, 6.45) is 5.08. The Morgan fingerprint density at radius 3 is 2.60 bits per heavy atom. The minimum atomic E-state index is -0.730. The summed E-state index contributed by atoms with van der Waals surface area (Å²) in [6, 6.07) is 29.9. The average Bonchev–Trinajstić information content (AvgIpc) is 3.62. The van der Waals surface area contributed by atoms with E-state index in [1.54, 1.807) is 12.4 Å². The predicted molar refractivity (Wildman–Crippen MR) is 157 cm³/mol. The number of H-pyrrole nitrogens is 2. The van der Waals surface area contributed by atoms with Gasteiger partial charge in [-0.2, -0.15) is 5.10 Å². The van der Waals surface area contributed by atoms with Gasteiger partial charge >= 0.3 is 0 Å². The number of rotatable bonds is 7. The van der Waals surface area contributed by atoms with E-state index in [1.807, 2.05) is 91.1 Å². The standard InChI is InChI=1S/C32H25N7O/c40-29(15-20-7-2-1-3-8-20)35-23-16-22(18-33-19-23)21-12-13-27-25(17-21)31(39-38-27)32-36-28-11-6-9-24(30(28)37-32)26-10-4-5-14-34-26/h1-14,16-19,29,35,40H,15H2,(H,36,37)(H,38,39). The zero-order valence-corrected chi connectivity index (χ0v) is 21.4. The zero-order chi connectivity index (χ0) is 26.9. The fourth-order valence-corrected chi connectivity index (χ4v) is 5.00. The van der Waals surface area contributed by atoms with Crippen LogP contribution in [0.4, 0.5) is 5.69 Å². The SMILES string of the molecule is OC(Cc1ccccc1)Nc1cncc(-c2ccc3[nH]nc(-c4nc5c(-c6ccccn6)cccc5[nH]4)c3c2)c1. The van der Waals surface area contributed by atoms with Gasteiger partial charge in [0, 0.05) is 35.3 Å². The maximum absolute atomic E-state index is 10.6. The molecule has 0 aliphatic carbocycles. The number of nitrogens with one attached hydrogen (secondary N) is 3. The van der Waals surface area contributed by atoms with Crippen LogP contribution in [0.5, 0.6) is 0 Å². The topological polar surface area (TPSA) is 115 Å². The quantitative estimate of drug-likeness (QED) is 0.185. The number of aromatic nitrogens is 6.